The number of sulfonamides is 2. The van der Waals surface area contributed by atoms with E-state index in [0.717, 1.165) is 12.5 Å². The van der Waals surface area contributed by atoms with Crippen molar-refractivity contribution in [3.8, 4) is 0 Å². The van der Waals surface area contributed by atoms with Crippen molar-refractivity contribution >= 4 is 20.0 Å². The summed E-state index contributed by atoms with van der Waals surface area (Å²) in [6, 6.07) is -0.225. The van der Waals surface area contributed by atoms with Crippen molar-refractivity contribution in [2.75, 3.05) is 26.1 Å². The van der Waals surface area contributed by atoms with E-state index in [1.165, 1.54) is 11.4 Å². The molecule has 0 heterocycles. The average molecular weight is 387 g/mol. The number of rotatable bonds is 11. The minimum Gasteiger partial charge on any atom is -0.374 e. The van der Waals surface area contributed by atoms with Crippen molar-refractivity contribution in [2.24, 2.45) is 5.41 Å². The van der Waals surface area contributed by atoms with Crippen molar-refractivity contribution < 1.29 is 21.6 Å². The van der Waals surface area contributed by atoms with Crippen LogP contribution in [-0.4, -0.2) is 65.5 Å². The summed E-state index contributed by atoms with van der Waals surface area (Å²) in [6.45, 7) is 9.88. The Bertz CT molecular complexity index is 585. The minimum atomic E-state index is -3.31. The zero-order valence-electron chi connectivity index (χ0n) is 16.2. The molecule has 2 unspecified atom stereocenters. The molecule has 7 nitrogen and oxygen atoms in total. The summed E-state index contributed by atoms with van der Waals surface area (Å²) in [5.41, 5.74) is -0.415. The van der Waals surface area contributed by atoms with Gasteiger partial charge in [0, 0.05) is 19.6 Å². The fourth-order valence-corrected chi connectivity index (χ4v) is 3.77. The van der Waals surface area contributed by atoms with Crippen LogP contribution in [0, 0.1) is 5.41 Å². The van der Waals surface area contributed by atoms with Gasteiger partial charge in [-0.1, -0.05) is 20.8 Å². The molecule has 0 spiro atoms. The van der Waals surface area contributed by atoms with Gasteiger partial charge in [0.05, 0.1) is 24.7 Å². The lowest BCUT2D eigenvalue weighted by atomic mass is 9.79. The van der Waals surface area contributed by atoms with Gasteiger partial charge in [0.25, 0.3) is 0 Å². The Morgan fingerprint density at radius 3 is 1.96 bits per heavy atom. The van der Waals surface area contributed by atoms with Crippen LogP contribution in [0.5, 0.6) is 0 Å². The van der Waals surface area contributed by atoms with E-state index in [0.29, 0.717) is 12.8 Å². The predicted octanol–water partition coefficient (Wildman–Crippen LogP) is 1.42. The Morgan fingerprint density at radius 1 is 1.12 bits per heavy atom. The van der Waals surface area contributed by atoms with E-state index >= 15 is 0 Å². The summed E-state index contributed by atoms with van der Waals surface area (Å²) < 4.78 is 56.4. The van der Waals surface area contributed by atoms with E-state index in [9.17, 15) is 16.8 Å². The van der Waals surface area contributed by atoms with Crippen molar-refractivity contribution in [3.05, 3.63) is 0 Å². The first kappa shape index (κ1) is 23.8. The molecule has 0 saturated heterocycles. The number of hydrogen-bond donors (Lipinski definition) is 1. The van der Waals surface area contributed by atoms with E-state index in [1.54, 1.807) is 0 Å². The van der Waals surface area contributed by atoms with Gasteiger partial charge in [-0.05, 0) is 32.1 Å². The van der Waals surface area contributed by atoms with Crippen LogP contribution in [0.25, 0.3) is 0 Å². The van der Waals surface area contributed by atoms with Crippen LogP contribution >= 0.6 is 0 Å². The molecule has 0 radical (unpaired) electrons. The summed E-state index contributed by atoms with van der Waals surface area (Å²) in [6.07, 6.45) is 3.07. The first-order valence-electron chi connectivity index (χ1n) is 8.12. The van der Waals surface area contributed by atoms with Crippen LogP contribution in [0.3, 0.4) is 0 Å². The van der Waals surface area contributed by atoms with Crippen LogP contribution in [0.2, 0.25) is 0 Å². The summed E-state index contributed by atoms with van der Waals surface area (Å²) in [4.78, 5) is 0. The summed E-state index contributed by atoms with van der Waals surface area (Å²) >= 11 is 0. The van der Waals surface area contributed by atoms with Crippen molar-refractivity contribution in [1.29, 1.82) is 0 Å². The van der Waals surface area contributed by atoms with E-state index in [-0.39, 0.29) is 24.8 Å². The Hall–Kier alpha value is -0.220. The van der Waals surface area contributed by atoms with E-state index in [2.05, 4.69) is 4.72 Å². The molecule has 0 bridgehead atoms. The van der Waals surface area contributed by atoms with Crippen LogP contribution < -0.4 is 4.72 Å². The molecule has 0 aromatic heterocycles. The van der Waals surface area contributed by atoms with Crippen LogP contribution in [0.1, 0.15) is 47.5 Å². The molecule has 24 heavy (non-hydrogen) atoms. The predicted molar refractivity (Wildman–Crippen MR) is 97.9 cm³/mol. The lowest BCUT2D eigenvalue weighted by Crippen LogP contribution is -2.47. The molecule has 0 aliphatic carbocycles. The molecule has 0 fully saturated rings. The summed E-state index contributed by atoms with van der Waals surface area (Å²) in [7, 11) is -5.09. The first-order valence-corrected chi connectivity index (χ1v) is 11.9. The van der Waals surface area contributed by atoms with E-state index < -0.39 is 25.5 Å². The number of likely N-dealkylation sites (N-methyl/N-ethyl adjacent to an activating group) is 1. The molecule has 0 saturated carbocycles. The van der Waals surface area contributed by atoms with Crippen molar-refractivity contribution in [1.82, 2.24) is 9.03 Å². The minimum absolute atomic E-state index is 0.0646. The number of hydrogen-bond acceptors (Lipinski definition) is 5. The summed E-state index contributed by atoms with van der Waals surface area (Å²) in [5.74, 6) is 0. The Kier molecular flexibility index (Phi) is 8.85. The van der Waals surface area contributed by atoms with Gasteiger partial charge >= 0.3 is 0 Å². The van der Waals surface area contributed by atoms with Gasteiger partial charge in [-0.25, -0.2) is 25.9 Å². The lowest BCUT2D eigenvalue weighted by Gasteiger charge is -2.39. The lowest BCUT2D eigenvalue weighted by molar-refractivity contribution is -0.0686. The van der Waals surface area contributed by atoms with E-state index in [1.807, 2.05) is 34.6 Å². The van der Waals surface area contributed by atoms with Crippen LogP contribution in [0.15, 0.2) is 0 Å². The smallest absolute Gasteiger partial charge is 0.211 e. The SMILES string of the molecule is CCC(CC(C)(C)C(CN(C)S(C)(=O)=O)OC(C)C)NS(C)(=O)=O. The molecule has 2 atom stereocenters. The maximum atomic E-state index is 11.7. The quantitative estimate of drug-likeness (QED) is 0.580. The van der Waals surface area contributed by atoms with Crippen LogP contribution in [0.4, 0.5) is 0 Å². The van der Waals surface area contributed by atoms with Crippen LogP contribution in [-0.2, 0) is 24.8 Å². The number of nitrogens with zero attached hydrogens (tertiary/aromatic N) is 1. The fraction of sp³-hybridized carbons (Fsp3) is 1.00. The highest BCUT2D eigenvalue weighted by atomic mass is 32.2. The second-order valence-electron chi connectivity index (χ2n) is 7.40. The largest absolute Gasteiger partial charge is 0.374 e. The molecular formula is C15H34N2O5S2. The first-order chi connectivity index (χ1) is 10.6. The molecule has 0 amide bonds. The van der Waals surface area contributed by atoms with Crippen molar-refractivity contribution in [2.45, 2.75) is 65.7 Å². The second-order valence-corrected chi connectivity index (χ2v) is 11.3. The average Bonchev–Trinajstić information content (AvgIpc) is 2.33. The number of ether oxygens (including phenoxy) is 1. The van der Waals surface area contributed by atoms with Gasteiger partial charge in [0.15, 0.2) is 0 Å². The second kappa shape index (κ2) is 8.93. The molecule has 0 aromatic carbocycles. The van der Waals surface area contributed by atoms with Gasteiger partial charge in [0.1, 0.15) is 0 Å². The molecule has 0 aliphatic heterocycles. The van der Waals surface area contributed by atoms with Gasteiger partial charge in [-0.15, -0.1) is 0 Å². The van der Waals surface area contributed by atoms with Gasteiger partial charge in [-0.3, -0.25) is 0 Å². The zero-order valence-corrected chi connectivity index (χ0v) is 17.8. The molecule has 0 aromatic rings. The Balaban J connectivity index is 5.33. The van der Waals surface area contributed by atoms with Gasteiger partial charge in [0.2, 0.25) is 20.0 Å². The highest BCUT2D eigenvalue weighted by molar-refractivity contribution is 7.88. The Morgan fingerprint density at radius 2 is 1.62 bits per heavy atom. The molecule has 146 valence electrons. The Labute approximate surface area is 148 Å². The topological polar surface area (TPSA) is 92.8 Å². The van der Waals surface area contributed by atoms with E-state index in [4.69, 9.17) is 4.74 Å². The molecule has 1 N–H and O–H groups in total. The maximum Gasteiger partial charge on any atom is 0.211 e. The third-order valence-electron chi connectivity index (χ3n) is 3.94. The maximum absolute atomic E-state index is 11.7. The molecular weight excluding hydrogens is 352 g/mol. The monoisotopic (exact) mass is 386 g/mol. The van der Waals surface area contributed by atoms with Gasteiger partial charge in [-0.2, -0.15) is 0 Å². The standard InChI is InChI=1S/C15H34N2O5S2/c1-9-13(16-23(7,18)19)10-15(4,5)14(22-12(2)3)11-17(6)24(8,20)21/h12-14,16H,9-11H2,1-8H3. The molecule has 0 aliphatic rings. The number of nitrogens with one attached hydrogen (secondary N) is 1. The third kappa shape index (κ3) is 9.31. The highest BCUT2D eigenvalue weighted by Gasteiger charge is 2.36. The van der Waals surface area contributed by atoms with Crippen molar-refractivity contribution in [3.63, 3.8) is 0 Å². The molecule has 9 heteroatoms. The fourth-order valence-electron chi connectivity index (χ4n) is 2.51. The third-order valence-corrected chi connectivity index (χ3v) is 5.99. The zero-order chi connectivity index (χ0) is 19.3. The normalized spacial score (nSPS) is 16.6. The van der Waals surface area contributed by atoms with Gasteiger partial charge < -0.3 is 4.74 Å². The highest BCUT2D eigenvalue weighted by Crippen LogP contribution is 2.32. The summed E-state index contributed by atoms with van der Waals surface area (Å²) in [5, 5.41) is 0. The molecule has 0 rings (SSSR count).